The van der Waals surface area contributed by atoms with Crippen LogP contribution in [0.4, 0.5) is 11.4 Å². The van der Waals surface area contributed by atoms with Crippen molar-refractivity contribution in [2.75, 3.05) is 10.7 Å². The van der Waals surface area contributed by atoms with Crippen LogP contribution >= 0.6 is 11.8 Å². The molecule has 2 heterocycles. The van der Waals surface area contributed by atoms with Gasteiger partial charge < -0.3 is 4.42 Å². The minimum Gasteiger partial charge on any atom is -0.411 e. The molecular formula is C26H23N3O2S. The first kappa shape index (κ1) is 20.5. The van der Waals surface area contributed by atoms with Crippen LogP contribution in [0.5, 0.6) is 0 Å². The van der Waals surface area contributed by atoms with Crippen LogP contribution in [0.25, 0.3) is 11.5 Å². The first-order chi connectivity index (χ1) is 15.6. The molecule has 3 aromatic carbocycles. The van der Waals surface area contributed by atoms with Crippen molar-refractivity contribution in [2.24, 2.45) is 0 Å². The van der Waals surface area contributed by atoms with Crippen molar-refractivity contribution in [1.82, 2.24) is 10.2 Å². The zero-order valence-electron chi connectivity index (χ0n) is 18.0. The number of benzene rings is 3. The Balaban J connectivity index is 1.39. The molecule has 4 aromatic rings. The number of hydrogen-bond acceptors (Lipinski definition) is 5. The zero-order valence-corrected chi connectivity index (χ0v) is 18.9. The van der Waals surface area contributed by atoms with Gasteiger partial charge in [-0.05, 0) is 62.1 Å². The number of nitrogens with zero attached hydrogens (tertiary/aromatic N) is 3. The number of para-hydroxylation sites is 2. The molecule has 6 heteroatoms. The van der Waals surface area contributed by atoms with Gasteiger partial charge >= 0.3 is 0 Å². The standard InChI is InChI=1S/C26H23N3O2S/c1-17-13-18(2)15-21(14-17)25-27-28-26(31-25)32-16-24(30)29-22-9-5-3-7-19(22)11-12-20-8-4-6-10-23(20)29/h3-10,13-15H,11-12,16H2,1-2H3. The number of aryl methyl sites for hydroxylation is 4. The maximum atomic E-state index is 13.4. The van der Waals surface area contributed by atoms with E-state index in [1.165, 1.54) is 22.9 Å². The minimum absolute atomic E-state index is 0.0112. The summed E-state index contributed by atoms with van der Waals surface area (Å²) in [6, 6.07) is 22.4. The Morgan fingerprint density at radius 1 is 0.906 bits per heavy atom. The van der Waals surface area contributed by atoms with Gasteiger partial charge in [0.05, 0.1) is 17.1 Å². The molecule has 160 valence electrons. The Hall–Kier alpha value is -3.38. The lowest BCUT2D eigenvalue weighted by Crippen LogP contribution is -2.28. The summed E-state index contributed by atoms with van der Waals surface area (Å²) in [5, 5.41) is 8.73. The Labute approximate surface area is 191 Å². The van der Waals surface area contributed by atoms with Crippen LogP contribution < -0.4 is 4.90 Å². The number of carbonyl (C=O) groups excluding carboxylic acids is 1. The summed E-state index contributed by atoms with van der Waals surface area (Å²) in [6.07, 6.45) is 1.82. The third-order valence-corrected chi connectivity index (χ3v) is 6.38. The highest BCUT2D eigenvalue weighted by atomic mass is 32.2. The van der Waals surface area contributed by atoms with E-state index < -0.39 is 0 Å². The van der Waals surface area contributed by atoms with Gasteiger partial charge in [-0.1, -0.05) is 65.4 Å². The molecule has 32 heavy (non-hydrogen) atoms. The Morgan fingerprint density at radius 3 is 2.12 bits per heavy atom. The van der Waals surface area contributed by atoms with Gasteiger partial charge in [0.1, 0.15) is 0 Å². The molecule has 0 unspecified atom stereocenters. The van der Waals surface area contributed by atoms with E-state index in [2.05, 4.69) is 28.4 Å². The molecule has 0 spiro atoms. The van der Waals surface area contributed by atoms with Crippen molar-refractivity contribution in [2.45, 2.75) is 31.9 Å². The van der Waals surface area contributed by atoms with Gasteiger partial charge in [0.25, 0.3) is 5.22 Å². The normalized spacial score (nSPS) is 12.8. The van der Waals surface area contributed by atoms with Gasteiger partial charge in [-0.3, -0.25) is 9.69 Å². The van der Waals surface area contributed by atoms with Crippen LogP contribution in [-0.4, -0.2) is 21.9 Å². The van der Waals surface area contributed by atoms with Gasteiger partial charge in [-0.2, -0.15) is 0 Å². The summed E-state index contributed by atoms with van der Waals surface area (Å²) in [5.74, 6) is 0.664. The lowest BCUT2D eigenvalue weighted by Gasteiger charge is -2.24. The van der Waals surface area contributed by atoms with E-state index in [-0.39, 0.29) is 11.7 Å². The summed E-state index contributed by atoms with van der Waals surface area (Å²) in [5.41, 5.74) is 7.42. The summed E-state index contributed by atoms with van der Waals surface area (Å²) in [6.45, 7) is 4.08. The van der Waals surface area contributed by atoms with Gasteiger partial charge in [0, 0.05) is 5.56 Å². The molecule has 5 nitrogen and oxygen atoms in total. The second kappa shape index (κ2) is 8.63. The summed E-state index contributed by atoms with van der Waals surface area (Å²) >= 11 is 1.27. The molecule has 1 amide bonds. The molecule has 1 aliphatic heterocycles. The molecule has 5 rings (SSSR count). The van der Waals surface area contributed by atoms with Crippen molar-refractivity contribution < 1.29 is 9.21 Å². The maximum absolute atomic E-state index is 13.4. The molecule has 0 fully saturated rings. The molecule has 0 aliphatic carbocycles. The van der Waals surface area contributed by atoms with E-state index in [0.717, 1.165) is 40.9 Å². The highest BCUT2D eigenvalue weighted by molar-refractivity contribution is 7.99. The first-order valence-corrected chi connectivity index (χ1v) is 11.6. The van der Waals surface area contributed by atoms with Crippen LogP contribution in [-0.2, 0) is 17.6 Å². The summed E-state index contributed by atoms with van der Waals surface area (Å²) in [4.78, 5) is 15.3. The van der Waals surface area contributed by atoms with Gasteiger partial charge in [-0.15, -0.1) is 10.2 Å². The Kier molecular flexibility index (Phi) is 5.53. The van der Waals surface area contributed by atoms with Crippen LogP contribution in [0.15, 0.2) is 76.4 Å². The Morgan fingerprint density at radius 2 is 1.50 bits per heavy atom. The summed E-state index contributed by atoms with van der Waals surface area (Å²) in [7, 11) is 0. The largest absolute Gasteiger partial charge is 0.411 e. The quantitative estimate of drug-likeness (QED) is 0.369. The predicted octanol–water partition coefficient (Wildman–Crippen LogP) is 5.91. The van der Waals surface area contributed by atoms with E-state index >= 15 is 0 Å². The van der Waals surface area contributed by atoms with Crippen LogP contribution in [0.2, 0.25) is 0 Å². The van der Waals surface area contributed by atoms with Crippen molar-refractivity contribution in [3.8, 4) is 11.5 Å². The van der Waals surface area contributed by atoms with Crippen LogP contribution in [0.1, 0.15) is 22.3 Å². The van der Waals surface area contributed by atoms with E-state index in [4.69, 9.17) is 4.42 Å². The number of fused-ring (bicyclic) bond motifs is 2. The third kappa shape index (κ3) is 4.06. The number of amides is 1. The molecule has 0 atom stereocenters. The highest BCUT2D eigenvalue weighted by Crippen LogP contribution is 2.37. The number of hydrogen-bond donors (Lipinski definition) is 0. The third-order valence-electron chi connectivity index (χ3n) is 5.57. The smallest absolute Gasteiger partial charge is 0.277 e. The van der Waals surface area contributed by atoms with E-state index in [0.29, 0.717) is 11.1 Å². The average molecular weight is 442 g/mol. The minimum atomic E-state index is -0.0112. The second-order valence-electron chi connectivity index (χ2n) is 8.02. The zero-order chi connectivity index (χ0) is 22.1. The maximum Gasteiger partial charge on any atom is 0.277 e. The number of anilines is 2. The second-order valence-corrected chi connectivity index (χ2v) is 8.95. The van der Waals surface area contributed by atoms with E-state index in [9.17, 15) is 4.79 Å². The molecule has 0 saturated heterocycles. The Bertz CT molecular complexity index is 1230. The topological polar surface area (TPSA) is 59.2 Å². The van der Waals surface area contributed by atoms with Gasteiger partial charge in [-0.25, -0.2) is 0 Å². The molecule has 0 bridgehead atoms. The van der Waals surface area contributed by atoms with E-state index in [1.54, 1.807) is 0 Å². The monoisotopic (exact) mass is 441 g/mol. The summed E-state index contributed by atoms with van der Waals surface area (Å²) < 4.78 is 5.85. The number of aromatic nitrogens is 2. The fraction of sp³-hybridized carbons (Fsp3) is 0.192. The number of carbonyl (C=O) groups is 1. The molecule has 1 aliphatic rings. The van der Waals surface area contributed by atoms with E-state index in [1.807, 2.05) is 67.3 Å². The molecule has 0 radical (unpaired) electrons. The van der Waals surface area contributed by atoms with Crippen molar-refractivity contribution in [3.63, 3.8) is 0 Å². The first-order valence-electron chi connectivity index (χ1n) is 10.6. The van der Waals surface area contributed by atoms with Crippen molar-refractivity contribution in [3.05, 3.63) is 89.0 Å². The van der Waals surface area contributed by atoms with Crippen LogP contribution in [0.3, 0.4) is 0 Å². The predicted molar refractivity (Wildman–Crippen MR) is 127 cm³/mol. The fourth-order valence-electron chi connectivity index (χ4n) is 4.22. The lowest BCUT2D eigenvalue weighted by atomic mass is 10.0. The van der Waals surface area contributed by atoms with Gasteiger partial charge in [0.15, 0.2) is 0 Å². The average Bonchev–Trinajstić information content (AvgIpc) is 3.20. The van der Waals surface area contributed by atoms with Crippen LogP contribution in [0, 0.1) is 13.8 Å². The van der Waals surface area contributed by atoms with Crippen molar-refractivity contribution >= 4 is 29.0 Å². The number of rotatable bonds is 4. The number of thioether (sulfide) groups is 1. The highest BCUT2D eigenvalue weighted by Gasteiger charge is 2.26. The molecule has 0 N–H and O–H groups in total. The lowest BCUT2D eigenvalue weighted by molar-refractivity contribution is -0.115. The SMILES string of the molecule is Cc1cc(C)cc(-c2nnc(SCC(=O)N3c4ccccc4CCc4ccccc43)o2)c1. The van der Waals surface area contributed by atoms with Crippen molar-refractivity contribution in [1.29, 1.82) is 0 Å². The van der Waals surface area contributed by atoms with Gasteiger partial charge in [0.2, 0.25) is 11.8 Å². The molecule has 1 aromatic heterocycles. The molecular weight excluding hydrogens is 418 g/mol. The fourth-order valence-corrected chi connectivity index (χ4v) is 4.83. The molecule has 0 saturated carbocycles.